The summed E-state index contributed by atoms with van der Waals surface area (Å²) in [4.78, 5) is 3.84. The van der Waals surface area contributed by atoms with E-state index < -0.39 is 6.43 Å². The molecule has 71 valence electrons. The number of halogens is 2. The van der Waals surface area contributed by atoms with Gasteiger partial charge in [0.1, 0.15) is 0 Å². The second kappa shape index (κ2) is 3.53. The maximum absolute atomic E-state index is 12.5. The molecule has 5 heteroatoms. The smallest absolute Gasteiger partial charge is 0.237 e. The van der Waals surface area contributed by atoms with Crippen molar-refractivity contribution >= 4 is 0 Å². The van der Waals surface area contributed by atoms with Gasteiger partial charge in [-0.1, -0.05) is 0 Å². The number of pyridine rings is 1. The lowest BCUT2D eigenvalue weighted by atomic mass is 10.2. The van der Waals surface area contributed by atoms with Crippen molar-refractivity contribution < 1.29 is 8.78 Å². The summed E-state index contributed by atoms with van der Waals surface area (Å²) in [5.41, 5.74) is -0.135. The molecule has 14 heavy (non-hydrogen) atoms. The monoisotopic (exact) mass is 194 g/mol. The van der Waals surface area contributed by atoms with Crippen LogP contribution in [0.25, 0.3) is 5.82 Å². The first-order valence-corrected chi connectivity index (χ1v) is 3.93. The maximum Gasteiger partial charge on any atom is 0.267 e. The van der Waals surface area contributed by atoms with Crippen LogP contribution in [0.2, 0.25) is 0 Å². The summed E-state index contributed by atoms with van der Waals surface area (Å²) in [6.07, 6.45) is 1.74. The average molecular weight is 194 g/mol. The van der Waals surface area contributed by atoms with Gasteiger partial charge in [0, 0.05) is 18.5 Å². The summed E-state index contributed by atoms with van der Waals surface area (Å²) in [5, 5.41) is 3.79. The molecule has 0 aliphatic rings. The van der Waals surface area contributed by atoms with E-state index in [4.69, 9.17) is 0 Å². The zero-order chi connectivity index (χ0) is 9.97. The van der Waals surface area contributed by atoms with Crippen molar-refractivity contribution in [3.05, 3.63) is 42.4 Å². The largest absolute Gasteiger partial charge is 0.267 e. The molecule has 2 heterocycles. The predicted molar refractivity (Wildman–Crippen MR) is 45.2 cm³/mol. The lowest BCUT2D eigenvalue weighted by Gasteiger charge is -2.06. The SMILES string of the molecule is FC(F)c1cccnc1-n1c[c]cn1. The van der Waals surface area contributed by atoms with Crippen LogP contribution in [0.4, 0.5) is 8.78 Å². The minimum Gasteiger partial charge on any atom is -0.237 e. The Hall–Kier alpha value is -1.78. The van der Waals surface area contributed by atoms with Crippen molar-refractivity contribution in [1.29, 1.82) is 0 Å². The summed E-state index contributed by atoms with van der Waals surface area (Å²) >= 11 is 0. The highest BCUT2D eigenvalue weighted by Crippen LogP contribution is 2.22. The first kappa shape index (κ1) is 8.80. The van der Waals surface area contributed by atoms with Crippen LogP contribution in [-0.2, 0) is 0 Å². The Balaban J connectivity index is 2.53. The topological polar surface area (TPSA) is 30.7 Å². The third-order valence-corrected chi connectivity index (χ3v) is 1.72. The minimum absolute atomic E-state index is 0.135. The molecule has 0 aliphatic carbocycles. The van der Waals surface area contributed by atoms with E-state index in [-0.39, 0.29) is 11.4 Å². The van der Waals surface area contributed by atoms with Crippen molar-refractivity contribution in [2.75, 3.05) is 0 Å². The fraction of sp³-hybridized carbons (Fsp3) is 0.111. The van der Waals surface area contributed by atoms with E-state index in [1.54, 1.807) is 0 Å². The van der Waals surface area contributed by atoms with E-state index >= 15 is 0 Å². The Morgan fingerprint density at radius 2 is 2.29 bits per heavy atom. The van der Waals surface area contributed by atoms with E-state index in [9.17, 15) is 8.78 Å². The summed E-state index contributed by atoms with van der Waals surface area (Å²) in [6, 6.07) is 5.46. The van der Waals surface area contributed by atoms with E-state index in [1.807, 2.05) is 0 Å². The van der Waals surface area contributed by atoms with Crippen molar-refractivity contribution in [3.8, 4) is 5.82 Å². The standard InChI is InChI=1S/C9H6F2N3/c10-8(11)7-3-1-4-12-9(7)14-6-2-5-13-14/h1,3-6,8H. The van der Waals surface area contributed by atoms with Crippen LogP contribution in [0, 0.1) is 6.07 Å². The van der Waals surface area contributed by atoms with E-state index in [1.165, 1.54) is 35.4 Å². The van der Waals surface area contributed by atoms with Gasteiger partial charge >= 0.3 is 0 Å². The maximum atomic E-state index is 12.5. The van der Waals surface area contributed by atoms with Crippen molar-refractivity contribution in [2.45, 2.75) is 6.43 Å². The third-order valence-electron chi connectivity index (χ3n) is 1.72. The number of rotatable bonds is 2. The third kappa shape index (κ3) is 1.48. The molecule has 0 bridgehead atoms. The number of hydrogen-bond donors (Lipinski definition) is 0. The average Bonchev–Trinajstić information content (AvgIpc) is 2.70. The van der Waals surface area contributed by atoms with Crippen LogP contribution >= 0.6 is 0 Å². The van der Waals surface area contributed by atoms with Crippen LogP contribution in [0.3, 0.4) is 0 Å². The molecular formula is C9H6F2N3. The summed E-state index contributed by atoms with van der Waals surface area (Å²) in [6.45, 7) is 0. The molecule has 2 aromatic heterocycles. The molecule has 0 aromatic carbocycles. The van der Waals surface area contributed by atoms with Gasteiger partial charge in [-0.25, -0.2) is 18.4 Å². The first-order chi connectivity index (χ1) is 6.79. The van der Waals surface area contributed by atoms with Crippen LogP contribution < -0.4 is 0 Å². The highest BCUT2D eigenvalue weighted by atomic mass is 19.3. The lowest BCUT2D eigenvalue weighted by molar-refractivity contribution is 0.150. The fourth-order valence-electron chi connectivity index (χ4n) is 1.12. The van der Waals surface area contributed by atoms with Crippen LogP contribution in [0.1, 0.15) is 12.0 Å². The van der Waals surface area contributed by atoms with Gasteiger partial charge in [-0.15, -0.1) is 0 Å². The van der Waals surface area contributed by atoms with E-state index in [2.05, 4.69) is 16.1 Å². The van der Waals surface area contributed by atoms with Crippen LogP contribution in [0.15, 0.2) is 30.7 Å². The molecule has 2 aromatic rings. The highest BCUT2D eigenvalue weighted by Gasteiger charge is 2.14. The molecular weight excluding hydrogens is 188 g/mol. The lowest BCUT2D eigenvalue weighted by Crippen LogP contribution is -2.02. The van der Waals surface area contributed by atoms with Gasteiger partial charge in [0.15, 0.2) is 5.82 Å². The Morgan fingerprint density at radius 3 is 2.93 bits per heavy atom. The van der Waals surface area contributed by atoms with Gasteiger partial charge in [0.05, 0.1) is 11.8 Å². The summed E-state index contributed by atoms with van der Waals surface area (Å²) in [5.74, 6) is 0.142. The zero-order valence-corrected chi connectivity index (χ0v) is 7.06. The molecule has 0 N–H and O–H groups in total. The Labute approximate surface area is 79.0 Å². The molecule has 0 amide bonds. The first-order valence-electron chi connectivity index (χ1n) is 3.93. The molecule has 0 saturated heterocycles. The molecule has 3 nitrogen and oxygen atoms in total. The molecule has 0 saturated carbocycles. The van der Waals surface area contributed by atoms with Crippen molar-refractivity contribution in [1.82, 2.24) is 14.8 Å². The minimum atomic E-state index is -2.55. The highest BCUT2D eigenvalue weighted by molar-refractivity contribution is 5.33. The van der Waals surface area contributed by atoms with Crippen LogP contribution in [-0.4, -0.2) is 14.8 Å². The molecule has 0 spiro atoms. The molecule has 2 rings (SSSR count). The van der Waals surface area contributed by atoms with Crippen molar-refractivity contribution in [3.63, 3.8) is 0 Å². The molecule has 0 unspecified atom stereocenters. The van der Waals surface area contributed by atoms with Gasteiger partial charge in [0.25, 0.3) is 6.43 Å². The number of aromatic nitrogens is 3. The number of hydrogen-bond acceptors (Lipinski definition) is 2. The quantitative estimate of drug-likeness (QED) is 0.732. The number of alkyl halides is 2. The molecule has 0 aliphatic heterocycles. The van der Waals surface area contributed by atoms with Crippen LogP contribution in [0.5, 0.6) is 0 Å². The van der Waals surface area contributed by atoms with E-state index in [0.29, 0.717) is 0 Å². The van der Waals surface area contributed by atoms with Crippen molar-refractivity contribution in [2.24, 2.45) is 0 Å². The number of nitrogens with zero attached hydrogens (tertiary/aromatic N) is 3. The van der Waals surface area contributed by atoms with Gasteiger partial charge in [-0.2, -0.15) is 5.10 Å². The van der Waals surface area contributed by atoms with E-state index in [0.717, 1.165) is 0 Å². The Morgan fingerprint density at radius 1 is 1.43 bits per heavy atom. The van der Waals surface area contributed by atoms with Gasteiger partial charge in [-0.3, -0.25) is 0 Å². The normalized spacial score (nSPS) is 10.8. The Bertz CT molecular complexity index is 412. The molecule has 0 atom stereocenters. The molecule has 0 fully saturated rings. The second-order valence-corrected chi connectivity index (χ2v) is 2.60. The predicted octanol–water partition coefficient (Wildman–Crippen LogP) is 2.01. The Kier molecular flexibility index (Phi) is 2.22. The fourth-order valence-corrected chi connectivity index (χ4v) is 1.12. The molecule has 1 radical (unpaired) electrons. The summed E-state index contributed by atoms with van der Waals surface area (Å²) in [7, 11) is 0. The second-order valence-electron chi connectivity index (χ2n) is 2.60. The summed E-state index contributed by atoms with van der Waals surface area (Å²) < 4.78 is 26.3. The van der Waals surface area contributed by atoms with Gasteiger partial charge < -0.3 is 0 Å². The van der Waals surface area contributed by atoms with Gasteiger partial charge in [-0.05, 0) is 12.1 Å². The van der Waals surface area contributed by atoms with Gasteiger partial charge in [0.2, 0.25) is 0 Å². The zero-order valence-electron chi connectivity index (χ0n) is 7.06.